The monoisotopic (exact) mass is 584 g/mol. The summed E-state index contributed by atoms with van der Waals surface area (Å²) in [6.07, 6.45) is 30.4. The lowest BCUT2D eigenvalue weighted by molar-refractivity contribution is -0.118. The lowest BCUT2D eigenvalue weighted by Crippen LogP contribution is -2.39. The second-order valence-electron chi connectivity index (χ2n) is 14.2. The number of aliphatic hydroxyl groups excluding tert-OH is 2. The summed E-state index contributed by atoms with van der Waals surface area (Å²) in [6.45, 7) is 21.0. The third-order valence-corrected chi connectivity index (χ3v) is 9.20. The van der Waals surface area contributed by atoms with Gasteiger partial charge in [0.1, 0.15) is 5.78 Å². The molecular formula is C40H56O3. The summed E-state index contributed by atoms with van der Waals surface area (Å²) in [5.74, 6) is 0.232. The molecule has 0 unspecified atom stereocenters. The maximum atomic E-state index is 12.0. The van der Waals surface area contributed by atoms with Gasteiger partial charge in [0.25, 0.3) is 0 Å². The minimum Gasteiger partial charge on any atom is -0.393 e. The summed E-state index contributed by atoms with van der Waals surface area (Å²) < 4.78 is 0. The molecule has 0 radical (unpaired) electrons. The number of aliphatic hydroxyl groups is 2. The van der Waals surface area contributed by atoms with E-state index in [0.29, 0.717) is 12.8 Å². The normalized spacial score (nSPS) is 26.9. The number of hydrogen-bond acceptors (Lipinski definition) is 3. The molecule has 43 heavy (non-hydrogen) atoms. The van der Waals surface area contributed by atoms with Crippen LogP contribution < -0.4 is 0 Å². The quantitative estimate of drug-likeness (QED) is 0.238. The highest BCUT2D eigenvalue weighted by atomic mass is 16.3. The summed E-state index contributed by atoms with van der Waals surface area (Å²) in [4.78, 5) is 12.0. The van der Waals surface area contributed by atoms with E-state index in [1.165, 1.54) is 22.3 Å². The Kier molecular flexibility index (Phi) is 13.2. The number of Topliss-reactive ketones (excluding diaryl/α,β-unsaturated/α-hetero) is 1. The van der Waals surface area contributed by atoms with E-state index in [-0.39, 0.29) is 22.7 Å². The summed E-state index contributed by atoms with van der Waals surface area (Å²) in [6, 6.07) is 0. The van der Waals surface area contributed by atoms with Crippen molar-refractivity contribution in [3.63, 3.8) is 0 Å². The van der Waals surface area contributed by atoms with Crippen molar-refractivity contribution in [1.29, 1.82) is 0 Å². The smallest absolute Gasteiger partial charge is 0.134 e. The Morgan fingerprint density at radius 1 is 0.767 bits per heavy atom. The van der Waals surface area contributed by atoms with Crippen LogP contribution in [0.3, 0.4) is 0 Å². The Hall–Kier alpha value is -3.01. The molecule has 0 heterocycles. The highest BCUT2D eigenvalue weighted by Gasteiger charge is 2.52. The molecule has 1 saturated carbocycles. The Labute approximate surface area is 262 Å². The summed E-state index contributed by atoms with van der Waals surface area (Å²) in [7, 11) is 0. The minimum atomic E-state index is -0.658. The fourth-order valence-corrected chi connectivity index (χ4v) is 6.10. The van der Waals surface area contributed by atoms with Gasteiger partial charge < -0.3 is 10.2 Å². The summed E-state index contributed by atoms with van der Waals surface area (Å²) in [5.41, 5.74) is 6.49. The number of carbonyl (C=O) groups is 1. The first kappa shape index (κ1) is 36.2. The van der Waals surface area contributed by atoms with Gasteiger partial charge in [0.15, 0.2) is 0 Å². The van der Waals surface area contributed by atoms with Crippen molar-refractivity contribution in [2.75, 3.05) is 0 Å². The van der Waals surface area contributed by atoms with Crippen molar-refractivity contribution in [2.24, 2.45) is 16.2 Å². The van der Waals surface area contributed by atoms with Crippen molar-refractivity contribution in [1.82, 2.24) is 0 Å². The largest absolute Gasteiger partial charge is 0.393 e. The molecule has 0 saturated heterocycles. The Morgan fingerprint density at radius 3 is 1.74 bits per heavy atom. The van der Waals surface area contributed by atoms with Crippen molar-refractivity contribution >= 4 is 5.78 Å². The topological polar surface area (TPSA) is 57.5 Å². The van der Waals surface area contributed by atoms with E-state index in [1.807, 2.05) is 50.3 Å². The van der Waals surface area contributed by atoms with E-state index in [1.54, 1.807) is 0 Å². The van der Waals surface area contributed by atoms with Crippen LogP contribution in [-0.2, 0) is 4.79 Å². The molecule has 0 aliphatic heterocycles. The second kappa shape index (κ2) is 15.6. The average Bonchev–Trinajstić information content (AvgIpc) is 3.10. The van der Waals surface area contributed by atoms with Crippen LogP contribution in [0.4, 0.5) is 0 Å². The van der Waals surface area contributed by atoms with Crippen molar-refractivity contribution in [2.45, 2.75) is 107 Å². The highest BCUT2D eigenvalue weighted by molar-refractivity contribution is 5.83. The molecule has 0 aromatic rings. The first-order valence-electron chi connectivity index (χ1n) is 15.6. The van der Waals surface area contributed by atoms with Gasteiger partial charge in [-0.15, -0.1) is 0 Å². The van der Waals surface area contributed by atoms with Crippen LogP contribution >= 0.6 is 0 Å². The molecule has 0 aromatic heterocycles. The number of rotatable bonds is 11. The molecule has 0 bridgehead atoms. The van der Waals surface area contributed by atoms with Crippen LogP contribution in [0.2, 0.25) is 0 Å². The summed E-state index contributed by atoms with van der Waals surface area (Å²) >= 11 is 0. The van der Waals surface area contributed by atoms with Gasteiger partial charge in [-0.25, -0.2) is 0 Å². The molecule has 0 spiro atoms. The fourth-order valence-electron chi connectivity index (χ4n) is 6.10. The number of allylic oxidation sites excluding steroid dienone is 18. The number of hydrogen-bond donors (Lipinski definition) is 2. The first-order valence-corrected chi connectivity index (χ1v) is 15.6. The third-order valence-electron chi connectivity index (χ3n) is 9.20. The van der Waals surface area contributed by atoms with Gasteiger partial charge >= 0.3 is 0 Å². The average molecular weight is 585 g/mol. The SMILES string of the molecule is CC1=C(/C=C/C(C)=C/C=C/C(C)=C/C=C/C=C(C)/C=C/C=C(C)/C=C/[C@H](O)[C@]2(C)CC(=O)CC2(C)C)C(C)(C)C[C@H](O)C1. The van der Waals surface area contributed by atoms with Crippen molar-refractivity contribution in [3.05, 3.63) is 119 Å². The Balaban J connectivity index is 1.89. The predicted molar refractivity (Wildman–Crippen MR) is 185 cm³/mol. The van der Waals surface area contributed by atoms with Gasteiger partial charge in [-0.05, 0) is 63.9 Å². The van der Waals surface area contributed by atoms with E-state index in [4.69, 9.17) is 0 Å². The first-order chi connectivity index (χ1) is 20.0. The molecule has 1 fully saturated rings. The molecule has 3 nitrogen and oxygen atoms in total. The molecule has 0 aromatic carbocycles. The van der Waals surface area contributed by atoms with Crippen LogP contribution in [0.1, 0.15) is 94.9 Å². The lowest BCUT2D eigenvalue weighted by Gasteiger charge is -2.40. The molecule has 234 valence electrons. The molecule has 2 aliphatic rings. The Morgan fingerprint density at radius 2 is 1.26 bits per heavy atom. The maximum absolute atomic E-state index is 12.0. The van der Waals surface area contributed by atoms with Crippen molar-refractivity contribution < 1.29 is 15.0 Å². The van der Waals surface area contributed by atoms with Crippen LogP contribution in [0, 0.1) is 16.2 Å². The molecule has 0 amide bonds. The lowest BCUT2D eigenvalue weighted by atomic mass is 9.66. The zero-order valence-corrected chi connectivity index (χ0v) is 28.4. The van der Waals surface area contributed by atoms with E-state index in [2.05, 4.69) is 104 Å². The molecule has 2 N–H and O–H groups in total. The molecule has 3 heteroatoms. The van der Waals surface area contributed by atoms with Gasteiger partial charge in [-0.1, -0.05) is 148 Å². The Bertz CT molecular complexity index is 1310. The minimum absolute atomic E-state index is 0.00464. The van der Waals surface area contributed by atoms with Crippen molar-refractivity contribution in [3.8, 4) is 0 Å². The standard InChI is InChI=1S/C40H56O3/c1-29(17-13-19-31(3)21-23-36-33(5)25-34(41)26-38(36,6)7)15-11-12-16-30(2)18-14-20-32(4)22-24-37(43)40(10)28-35(42)27-39(40,8)9/h11-24,34,37,41,43H,25-28H2,1-10H3/b12-11+,17-13+,18-14+,23-21+,24-22+,29-15+,30-16+,31-19+,32-20+/t34-,37+,40+/m1/s1. The molecule has 2 aliphatic carbocycles. The molecule has 2 rings (SSSR count). The van der Waals surface area contributed by atoms with Gasteiger partial charge in [0.05, 0.1) is 12.2 Å². The summed E-state index contributed by atoms with van der Waals surface area (Å²) in [5, 5.41) is 20.9. The van der Waals surface area contributed by atoms with Crippen LogP contribution in [0.15, 0.2) is 119 Å². The fraction of sp³-hybridized carbons (Fsp3) is 0.475. The maximum Gasteiger partial charge on any atom is 0.134 e. The van der Waals surface area contributed by atoms with Gasteiger partial charge in [0.2, 0.25) is 0 Å². The number of carbonyl (C=O) groups excluding carboxylic acids is 1. The van der Waals surface area contributed by atoms with Crippen LogP contribution in [0.5, 0.6) is 0 Å². The van der Waals surface area contributed by atoms with E-state index in [9.17, 15) is 15.0 Å². The second-order valence-corrected chi connectivity index (χ2v) is 14.2. The van der Waals surface area contributed by atoms with E-state index >= 15 is 0 Å². The highest BCUT2D eigenvalue weighted by Crippen LogP contribution is 2.53. The molecule has 3 atom stereocenters. The number of ketones is 1. The van der Waals surface area contributed by atoms with Crippen LogP contribution in [-0.4, -0.2) is 28.2 Å². The van der Waals surface area contributed by atoms with E-state index < -0.39 is 11.5 Å². The molecular weight excluding hydrogens is 528 g/mol. The van der Waals surface area contributed by atoms with Gasteiger partial charge in [0, 0.05) is 18.3 Å². The zero-order chi connectivity index (χ0) is 32.4. The third kappa shape index (κ3) is 10.9. The van der Waals surface area contributed by atoms with Gasteiger partial charge in [-0.3, -0.25) is 4.79 Å². The van der Waals surface area contributed by atoms with Gasteiger partial charge in [-0.2, -0.15) is 0 Å². The predicted octanol–water partition coefficient (Wildman–Crippen LogP) is 9.81. The van der Waals surface area contributed by atoms with E-state index in [0.717, 1.165) is 24.0 Å². The zero-order valence-electron chi connectivity index (χ0n) is 28.4. The van der Waals surface area contributed by atoms with Crippen LogP contribution in [0.25, 0.3) is 0 Å².